The Bertz CT molecular complexity index is 497. The maximum absolute atomic E-state index is 11.2. The molecule has 1 heterocycles. The maximum Gasteiger partial charge on any atom is 0.247 e. The van der Waals surface area contributed by atoms with E-state index < -0.39 is 9.84 Å². The third-order valence-electron chi connectivity index (χ3n) is 1.93. The fourth-order valence-electron chi connectivity index (χ4n) is 1.36. The first-order chi connectivity index (χ1) is 6.73. The molecule has 0 amide bonds. The van der Waals surface area contributed by atoms with Crippen LogP contribution in [-0.4, -0.2) is 30.4 Å². The Hall–Kier alpha value is -1.30. The van der Waals surface area contributed by atoms with Gasteiger partial charge in [-0.05, 0) is 20.8 Å². The van der Waals surface area contributed by atoms with Crippen LogP contribution >= 0.6 is 0 Å². The van der Waals surface area contributed by atoms with E-state index in [9.17, 15) is 13.2 Å². The molecule has 0 aliphatic heterocycles. The lowest BCUT2D eigenvalue weighted by Crippen LogP contribution is -2.11. The molecule has 6 heteroatoms. The van der Waals surface area contributed by atoms with Crippen LogP contribution in [0.1, 0.15) is 28.7 Å². The Balaban J connectivity index is 3.52. The summed E-state index contributed by atoms with van der Waals surface area (Å²) in [5.74, 6) is -0.162. The summed E-state index contributed by atoms with van der Waals surface area (Å²) >= 11 is 0. The molecule has 0 aliphatic carbocycles. The zero-order valence-electron chi connectivity index (χ0n) is 9.03. The van der Waals surface area contributed by atoms with Crippen LogP contribution < -0.4 is 0 Å². The van der Waals surface area contributed by atoms with Gasteiger partial charge in [0, 0.05) is 6.26 Å². The second-order valence-corrected chi connectivity index (χ2v) is 5.29. The van der Waals surface area contributed by atoms with Gasteiger partial charge in [-0.1, -0.05) is 0 Å². The highest BCUT2D eigenvalue weighted by Gasteiger charge is 2.17. The van der Waals surface area contributed by atoms with Crippen molar-refractivity contribution in [3.8, 4) is 0 Å². The molecule has 0 N–H and O–H groups in total. The van der Waals surface area contributed by atoms with Crippen LogP contribution in [0.2, 0.25) is 0 Å². The maximum atomic E-state index is 11.2. The van der Waals surface area contributed by atoms with E-state index in [4.69, 9.17) is 0 Å². The number of carbonyl (C=O) groups excluding carboxylic acids is 1. The molecule has 0 saturated carbocycles. The van der Waals surface area contributed by atoms with E-state index in [1.54, 1.807) is 13.8 Å². The monoisotopic (exact) mass is 228 g/mol. The third-order valence-corrected chi connectivity index (χ3v) is 2.78. The number of ketones is 1. The summed E-state index contributed by atoms with van der Waals surface area (Å²) in [5, 5.41) is -0.234. The van der Waals surface area contributed by atoms with Crippen molar-refractivity contribution in [1.82, 2.24) is 9.97 Å². The van der Waals surface area contributed by atoms with Gasteiger partial charge < -0.3 is 0 Å². The minimum Gasteiger partial charge on any atom is -0.294 e. The van der Waals surface area contributed by atoms with Gasteiger partial charge in [0.25, 0.3) is 0 Å². The molecule has 82 valence electrons. The van der Waals surface area contributed by atoms with E-state index >= 15 is 0 Å². The largest absolute Gasteiger partial charge is 0.294 e. The number of nitrogens with zero attached hydrogens (tertiary/aromatic N) is 2. The lowest BCUT2D eigenvalue weighted by atomic mass is 10.1. The molecular formula is C9H12N2O3S. The standard InChI is InChI=1S/C9H12N2O3S/c1-5-8(7(3)12)6(2)11-9(10-5)15(4,13)14/h1-4H3. The summed E-state index contributed by atoms with van der Waals surface area (Å²) in [6, 6.07) is 0. The molecule has 1 rings (SSSR count). The first kappa shape index (κ1) is 11.8. The third kappa shape index (κ3) is 2.38. The molecule has 0 bridgehead atoms. The smallest absolute Gasteiger partial charge is 0.247 e. The number of rotatable bonds is 2. The van der Waals surface area contributed by atoms with Crippen molar-refractivity contribution in [2.45, 2.75) is 25.9 Å². The van der Waals surface area contributed by atoms with E-state index in [-0.39, 0.29) is 10.9 Å². The van der Waals surface area contributed by atoms with Crippen LogP contribution in [-0.2, 0) is 9.84 Å². The first-order valence-corrected chi connectivity index (χ1v) is 6.19. The van der Waals surface area contributed by atoms with Crippen molar-refractivity contribution in [1.29, 1.82) is 0 Å². The highest BCUT2D eigenvalue weighted by Crippen LogP contribution is 2.13. The van der Waals surface area contributed by atoms with Crippen LogP contribution in [0.5, 0.6) is 0 Å². The summed E-state index contributed by atoms with van der Waals surface area (Å²) in [6.07, 6.45) is 1.04. The predicted molar refractivity (Wildman–Crippen MR) is 54.6 cm³/mol. The van der Waals surface area contributed by atoms with Crippen LogP contribution in [0.25, 0.3) is 0 Å². The lowest BCUT2D eigenvalue weighted by molar-refractivity contribution is 0.101. The minimum absolute atomic E-state index is 0.162. The molecule has 0 aromatic carbocycles. The molecule has 1 aromatic heterocycles. The number of sulfone groups is 1. The van der Waals surface area contributed by atoms with Crippen molar-refractivity contribution in [2.24, 2.45) is 0 Å². The van der Waals surface area contributed by atoms with E-state index in [1.165, 1.54) is 6.92 Å². The SMILES string of the molecule is CC(=O)c1c(C)nc(S(C)(=O)=O)nc1C. The highest BCUT2D eigenvalue weighted by atomic mass is 32.2. The van der Waals surface area contributed by atoms with Gasteiger partial charge in [-0.15, -0.1) is 0 Å². The highest BCUT2D eigenvalue weighted by molar-refractivity contribution is 7.90. The normalized spacial score (nSPS) is 11.5. The molecule has 1 aromatic rings. The van der Waals surface area contributed by atoms with Gasteiger partial charge in [-0.3, -0.25) is 4.79 Å². The van der Waals surface area contributed by atoms with Crippen LogP contribution in [0, 0.1) is 13.8 Å². The van der Waals surface area contributed by atoms with Gasteiger partial charge in [0.2, 0.25) is 15.0 Å². The Labute approximate surface area is 88.5 Å². The van der Waals surface area contributed by atoms with Gasteiger partial charge in [-0.2, -0.15) is 0 Å². The molecule has 0 atom stereocenters. The van der Waals surface area contributed by atoms with Crippen molar-refractivity contribution < 1.29 is 13.2 Å². The van der Waals surface area contributed by atoms with E-state index in [2.05, 4.69) is 9.97 Å². The van der Waals surface area contributed by atoms with Crippen LogP contribution in [0.15, 0.2) is 5.16 Å². The van der Waals surface area contributed by atoms with E-state index in [0.717, 1.165) is 6.26 Å². The zero-order chi connectivity index (χ0) is 11.8. The Morgan fingerprint density at radius 2 is 1.53 bits per heavy atom. The minimum atomic E-state index is -3.42. The van der Waals surface area contributed by atoms with Gasteiger partial charge in [-0.25, -0.2) is 18.4 Å². The summed E-state index contributed by atoms with van der Waals surface area (Å²) in [4.78, 5) is 18.8. The summed E-state index contributed by atoms with van der Waals surface area (Å²) < 4.78 is 22.4. The quantitative estimate of drug-likeness (QED) is 0.550. The molecule has 0 unspecified atom stereocenters. The van der Waals surface area contributed by atoms with E-state index in [1.807, 2.05) is 0 Å². The van der Waals surface area contributed by atoms with E-state index in [0.29, 0.717) is 17.0 Å². The number of Topliss-reactive ketones (excluding diaryl/α,β-unsaturated/α-hetero) is 1. The number of carbonyl (C=O) groups is 1. The molecule has 0 spiro atoms. The average molecular weight is 228 g/mol. The van der Waals surface area contributed by atoms with Crippen molar-refractivity contribution >= 4 is 15.6 Å². The second kappa shape index (κ2) is 3.69. The molecule has 0 fully saturated rings. The molecule has 0 aliphatic rings. The number of hydrogen-bond donors (Lipinski definition) is 0. The van der Waals surface area contributed by atoms with Crippen LogP contribution in [0.3, 0.4) is 0 Å². The van der Waals surface area contributed by atoms with Gasteiger partial charge in [0.15, 0.2) is 5.78 Å². The first-order valence-electron chi connectivity index (χ1n) is 4.29. The molecule has 5 nitrogen and oxygen atoms in total. The van der Waals surface area contributed by atoms with Crippen molar-refractivity contribution in [2.75, 3.05) is 6.26 Å². The van der Waals surface area contributed by atoms with Gasteiger partial charge in [0.05, 0.1) is 17.0 Å². The Kier molecular flexibility index (Phi) is 2.90. The van der Waals surface area contributed by atoms with Crippen molar-refractivity contribution in [3.63, 3.8) is 0 Å². The number of aromatic nitrogens is 2. The van der Waals surface area contributed by atoms with Crippen LogP contribution in [0.4, 0.5) is 0 Å². The fraction of sp³-hybridized carbons (Fsp3) is 0.444. The Morgan fingerprint density at radius 3 is 1.80 bits per heavy atom. The lowest BCUT2D eigenvalue weighted by Gasteiger charge is -2.06. The molecule has 0 saturated heterocycles. The predicted octanol–water partition coefficient (Wildman–Crippen LogP) is 0.700. The van der Waals surface area contributed by atoms with Crippen molar-refractivity contribution in [3.05, 3.63) is 17.0 Å². The fourth-order valence-corrected chi connectivity index (χ4v) is 1.97. The summed E-state index contributed by atoms with van der Waals surface area (Å²) in [6.45, 7) is 4.60. The molecule has 0 radical (unpaired) electrons. The van der Waals surface area contributed by atoms with Gasteiger partial charge >= 0.3 is 0 Å². The second-order valence-electron chi connectivity index (χ2n) is 3.38. The number of hydrogen-bond acceptors (Lipinski definition) is 5. The zero-order valence-corrected chi connectivity index (χ0v) is 9.84. The summed E-state index contributed by atoms with van der Waals surface area (Å²) in [5.41, 5.74) is 1.19. The average Bonchev–Trinajstić information content (AvgIpc) is 1.99. The summed E-state index contributed by atoms with van der Waals surface area (Å²) in [7, 11) is -3.42. The molecular weight excluding hydrogens is 216 g/mol. The van der Waals surface area contributed by atoms with Gasteiger partial charge in [0.1, 0.15) is 0 Å². The number of aryl methyl sites for hydroxylation is 2. The Morgan fingerprint density at radius 1 is 1.13 bits per heavy atom. The topological polar surface area (TPSA) is 77.0 Å². The molecule has 15 heavy (non-hydrogen) atoms.